The minimum Gasteiger partial charge on any atom is -0.497 e. The van der Waals surface area contributed by atoms with Crippen LogP contribution in [-0.4, -0.2) is 17.1 Å². The molecule has 0 aliphatic rings. The maximum atomic E-state index is 5.77. The zero-order valence-electron chi connectivity index (χ0n) is 9.05. The number of anilines is 1. The molecule has 2 rings (SSSR count). The molecule has 0 spiro atoms. The van der Waals surface area contributed by atoms with E-state index in [1.54, 1.807) is 7.11 Å². The van der Waals surface area contributed by atoms with Gasteiger partial charge in [0, 0.05) is 4.90 Å². The summed E-state index contributed by atoms with van der Waals surface area (Å²) in [5.74, 6) is 0.786. The number of aromatic nitrogens is 2. The van der Waals surface area contributed by atoms with Crippen molar-refractivity contribution < 1.29 is 4.74 Å². The molecule has 0 bridgehead atoms. The molecule has 17 heavy (non-hydrogen) atoms. The zero-order chi connectivity index (χ0) is 12.3. The van der Waals surface area contributed by atoms with Crippen LogP contribution in [0.2, 0.25) is 5.28 Å². The summed E-state index contributed by atoms with van der Waals surface area (Å²) in [6.45, 7) is 0. The first-order chi connectivity index (χ1) is 8.19. The van der Waals surface area contributed by atoms with E-state index in [-0.39, 0.29) is 5.28 Å². The molecule has 0 atom stereocenters. The average molecular weight is 268 g/mol. The van der Waals surface area contributed by atoms with Gasteiger partial charge in [-0.05, 0) is 29.8 Å². The van der Waals surface area contributed by atoms with Crippen LogP contribution in [0.4, 0.5) is 5.69 Å². The van der Waals surface area contributed by atoms with E-state index in [2.05, 4.69) is 9.97 Å². The van der Waals surface area contributed by atoms with Crippen LogP contribution in [-0.2, 0) is 0 Å². The molecule has 2 N–H and O–H groups in total. The highest BCUT2D eigenvalue weighted by Gasteiger charge is 2.06. The molecule has 0 saturated carbocycles. The Kier molecular flexibility index (Phi) is 3.71. The molecule has 1 aromatic heterocycles. The minimum atomic E-state index is 0.185. The van der Waals surface area contributed by atoms with Gasteiger partial charge in [0.1, 0.15) is 10.8 Å². The number of halogens is 1. The maximum absolute atomic E-state index is 5.77. The topological polar surface area (TPSA) is 61.0 Å². The molecule has 6 heteroatoms. The van der Waals surface area contributed by atoms with Gasteiger partial charge in [-0.3, -0.25) is 0 Å². The molecule has 0 aliphatic carbocycles. The summed E-state index contributed by atoms with van der Waals surface area (Å²) in [6, 6.07) is 7.63. The van der Waals surface area contributed by atoms with Gasteiger partial charge < -0.3 is 10.5 Å². The maximum Gasteiger partial charge on any atom is 0.223 e. The molecule has 88 valence electrons. The van der Waals surface area contributed by atoms with E-state index in [9.17, 15) is 0 Å². The number of hydrogen-bond acceptors (Lipinski definition) is 5. The fourth-order valence-electron chi connectivity index (χ4n) is 1.21. The number of nitrogen functional groups attached to an aromatic ring is 1. The molecule has 1 heterocycles. The molecular weight excluding hydrogens is 258 g/mol. The second kappa shape index (κ2) is 5.25. The van der Waals surface area contributed by atoms with Gasteiger partial charge in [-0.1, -0.05) is 17.8 Å². The first kappa shape index (κ1) is 12.0. The Morgan fingerprint density at radius 1 is 1.41 bits per heavy atom. The Balaban J connectivity index is 2.27. The number of nitrogens with two attached hydrogens (primary N) is 1. The summed E-state index contributed by atoms with van der Waals surface area (Å²) in [7, 11) is 1.62. The predicted molar refractivity (Wildman–Crippen MR) is 68.6 cm³/mol. The number of rotatable bonds is 3. The van der Waals surface area contributed by atoms with Crippen molar-refractivity contribution in [1.29, 1.82) is 0 Å². The first-order valence-electron chi connectivity index (χ1n) is 4.79. The van der Waals surface area contributed by atoms with E-state index in [4.69, 9.17) is 22.1 Å². The van der Waals surface area contributed by atoms with Crippen molar-refractivity contribution in [2.75, 3.05) is 12.8 Å². The van der Waals surface area contributed by atoms with E-state index in [1.807, 2.05) is 24.3 Å². The Morgan fingerprint density at radius 2 is 2.24 bits per heavy atom. The molecule has 0 unspecified atom stereocenters. The third kappa shape index (κ3) is 3.01. The van der Waals surface area contributed by atoms with Crippen molar-refractivity contribution in [3.05, 3.63) is 35.7 Å². The van der Waals surface area contributed by atoms with Gasteiger partial charge in [-0.2, -0.15) is 0 Å². The van der Waals surface area contributed by atoms with Crippen LogP contribution in [0.5, 0.6) is 5.75 Å². The molecule has 4 nitrogen and oxygen atoms in total. The lowest BCUT2D eigenvalue weighted by molar-refractivity contribution is 0.413. The SMILES string of the molecule is COc1cccc(Sc2nc(Cl)ncc2N)c1. The molecule has 2 aromatic rings. The van der Waals surface area contributed by atoms with Gasteiger partial charge in [-0.25, -0.2) is 9.97 Å². The van der Waals surface area contributed by atoms with Crippen molar-refractivity contribution >= 4 is 29.1 Å². The third-order valence-corrected chi connectivity index (χ3v) is 3.20. The number of methoxy groups -OCH3 is 1. The molecule has 1 aromatic carbocycles. The highest BCUT2D eigenvalue weighted by Crippen LogP contribution is 2.32. The fourth-order valence-corrected chi connectivity index (χ4v) is 2.24. The van der Waals surface area contributed by atoms with Crippen LogP contribution >= 0.6 is 23.4 Å². The number of ether oxygens (including phenoxy) is 1. The number of benzene rings is 1. The molecule has 0 aliphatic heterocycles. The van der Waals surface area contributed by atoms with Gasteiger partial charge in [0.2, 0.25) is 5.28 Å². The second-order valence-electron chi connectivity index (χ2n) is 3.18. The normalized spacial score (nSPS) is 10.2. The standard InChI is InChI=1S/C11H10ClN3OS/c1-16-7-3-2-4-8(5-7)17-10-9(13)6-14-11(12)15-10/h2-6H,13H2,1H3. The van der Waals surface area contributed by atoms with Crippen LogP contribution in [0.25, 0.3) is 0 Å². The second-order valence-corrected chi connectivity index (χ2v) is 4.58. The highest BCUT2D eigenvalue weighted by molar-refractivity contribution is 7.99. The van der Waals surface area contributed by atoms with E-state index in [0.717, 1.165) is 10.6 Å². The smallest absolute Gasteiger partial charge is 0.223 e. The zero-order valence-corrected chi connectivity index (χ0v) is 10.6. The van der Waals surface area contributed by atoms with Crippen molar-refractivity contribution in [1.82, 2.24) is 9.97 Å². The summed E-state index contributed by atoms with van der Waals surface area (Å²) in [6.07, 6.45) is 1.50. The predicted octanol–water partition coefficient (Wildman–Crippen LogP) is 2.87. The van der Waals surface area contributed by atoms with Crippen molar-refractivity contribution in [2.45, 2.75) is 9.92 Å². The van der Waals surface area contributed by atoms with E-state index >= 15 is 0 Å². The van der Waals surface area contributed by atoms with Gasteiger partial charge >= 0.3 is 0 Å². The Labute approximate surface area is 108 Å². The van der Waals surface area contributed by atoms with Gasteiger partial charge in [-0.15, -0.1) is 0 Å². The van der Waals surface area contributed by atoms with Crippen LogP contribution < -0.4 is 10.5 Å². The van der Waals surface area contributed by atoms with Crippen molar-refractivity contribution in [2.24, 2.45) is 0 Å². The average Bonchev–Trinajstić information content (AvgIpc) is 2.34. The van der Waals surface area contributed by atoms with Crippen LogP contribution in [0, 0.1) is 0 Å². The summed E-state index contributed by atoms with van der Waals surface area (Å²) < 4.78 is 5.14. The third-order valence-electron chi connectivity index (χ3n) is 2.01. The minimum absolute atomic E-state index is 0.185. The largest absolute Gasteiger partial charge is 0.497 e. The molecule has 0 saturated heterocycles. The Morgan fingerprint density at radius 3 is 3.00 bits per heavy atom. The summed E-state index contributed by atoms with van der Waals surface area (Å²) in [5.41, 5.74) is 6.27. The van der Waals surface area contributed by atoms with E-state index in [0.29, 0.717) is 10.7 Å². The van der Waals surface area contributed by atoms with E-state index in [1.165, 1.54) is 18.0 Å². The lowest BCUT2D eigenvalue weighted by atomic mass is 10.3. The lowest BCUT2D eigenvalue weighted by Gasteiger charge is -2.05. The van der Waals surface area contributed by atoms with Crippen molar-refractivity contribution in [3.63, 3.8) is 0 Å². The monoisotopic (exact) mass is 267 g/mol. The fraction of sp³-hybridized carbons (Fsp3) is 0.0909. The highest BCUT2D eigenvalue weighted by atomic mass is 35.5. The van der Waals surface area contributed by atoms with E-state index < -0.39 is 0 Å². The number of hydrogen-bond donors (Lipinski definition) is 1. The quantitative estimate of drug-likeness (QED) is 0.684. The summed E-state index contributed by atoms with van der Waals surface area (Å²) in [4.78, 5) is 8.86. The molecular formula is C11H10ClN3OS. The van der Waals surface area contributed by atoms with Crippen LogP contribution in [0.3, 0.4) is 0 Å². The Hall–Kier alpha value is -1.46. The van der Waals surface area contributed by atoms with Crippen LogP contribution in [0.1, 0.15) is 0 Å². The lowest BCUT2D eigenvalue weighted by Crippen LogP contribution is -1.94. The molecule has 0 radical (unpaired) electrons. The number of nitrogens with zero attached hydrogens (tertiary/aromatic N) is 2. The summed E-state index contributed by atoms with van der Waals surface area (Å²) >= 11 is 7.14. The van der Waals surface area contributed by atoms with Crippen molar-refractivity contribution in [3.8, 4) is 5.75 Å². The molecule has 0 fully saturated rings. The van der Waals surface area contributed by atoms with Gasteiger partial charge in [0.25, 0.3) is 0 Å². The summed E-state index contributed by atoms with van der Waals surface area (Å²) in [5, 5.41) is 0.822. The van der Waals surface area contributed by atoms with Gasteiger partial charge in [0.15, 0.2) is 0 Å². The Bertz CT molecular complexity index is 536. The first-order valence-corrected chi connectivity index (χ1v) is 5.98. The van der Waals surface area contributed by atoms with Gasteiger partial charge in [0.05, 0.1) is 19.0 Å². The molecule has 0 amide bonds. The van der Waals surface area contributed by atoms with Crippen LogP contribution in [0.15, 0.2) is 40.4 Å².